The minimum absolute atomic E-state index is 0.602. The summed E-state index contributed by atoms with van der Waals surface area (Å²) in [5.74, 6) is 1.65. The second-order valence-electron chi connectivity index (χ2n) is 5.51. The Morgan fingerprint density at radius 1 is 1.21 bits per heavy atom. The van der Waals surface area contributed by atoms with Gasteiger partial charge in [0.15, 0.2) is 11.5 Å². The predicted octanol–water partition coefficient (Wildman–Crippen LogP) is 3.41. The van der Waals surface area contributed by atoms with Gasteiger partial charge >= 0.3 is 0 Å². The molecular weight excluding hydrogens is 240 g/mol. The zero-order chi connectivity index (χ0) is 13.7. The molecule has 1 aliphatic heterocycles. The maximum Gasteiger partial charge on any atom is 0.161 e. The van der Waals surface area contributed by atoms with Crippen molar-refractivity contribution in [3.05, 3.63) is 29.8 Å². The van der Waals surface area contributed by atoms with Gasteiger partial charge in [0, 0.05) is 6.42 Å². The molecule has 0 saturated carbocycles. The summed E-state index contributed by atoms with van der Waals surface area (Å²) in [6, 6.07) is 5.98. The van der Waals surface area contributed by atoms with Crippen molar-refractivity contribution in [2.45, 2.75) is 38.7 Å². The van der Waals surface area contributed by atoms with Gasteiger partial charge in [0.2, 0.25) is 0 Å². The quantitative estimate of drug-likeness (QED) is 0.903. The zero-order valence-corrected chi connectivity index (χ0v) is 11.7. The van der Waals surface area contributed by atoms with Crippen molar-refractivity contribution < 1.29 is 14.6 Å². The van der Waals surface area contributed by atoms with Crippen molar-refractivity contribution in [3.8, 4) is 11.5 Å². The molecule has 1 aromatic carbocycles. The van der Waals surface area contributed by atoms with Gasteiger partial charge in [-0.3, -0.25) is 0 Å². The monoisotopic (exact) mass is 262 g/mol. The molecule has 1 N–H and O–H groups in total. The van der Waals surface area contributed by atoms with Crippen LogP contribution in [0.1, 0.15) is 38.7 Å². The molecule has 3 nitrogen and oxygen atoms in total. The van der Waals surface area contributed by atoms with E-state index in [4.69, 9.17) is 9.47 Å². The molecule has 1 heterocycles. The molecule has 3 heteroatoms. The van der Waals surface area contributed by atoms with Crippen molar-refractivity contribution in [2.75, 3.05) is 13.2 Å². The Morgan fingerprint density at radius 3 is 2.68 bits per heavy atom. The Kier molecular flexibility index (Phi) is 4.48. The van der Waals surface area contributed by atoms with E-state index in [0.717, 1.165) is 36.3 Å². The second kappa shape index (κ2) is 6.11. The lowest BCUT2D eigenvalue weighted by molar-refractivity contribution is 0.0722. The van der Waals surface area contributed by atoms with Crippen LogP contribution in [-0.4, -0.2) is 23.9 Å². The first-order valence-corrected chi connectivity index (χ1v) is 6.83. The highest BCUT2D eigenvalue weighted by Crippen LogP contribution is 2.30. The Labute approximate surface area is 114 Å². The summed E-state index contributed by atoms with van der Waals surface area (Å²) in [5.41, 5.74) is 0.495. The predicted molar refractivity (Wildman–Crippen MR) is 76.6 cm³/mol. The van der Waals surface area contributed by atoms with Crippen LogP contribution in [0.15, 0.2) is 24.3 Å². The minimum Gasteiger partial charge on any atom is -0.490 e. The number of ether oxygens (including phenoxy) is 2. The topological polar surface area (TPSA) is 38.7 Å². The van der Waals surface area contributed by atoms with Crippen LogP contribution < -0.4 is 9.47 Å². The summed E-state index contributed by atoms with van der Waals surface area (Å²) in [6.07, 6.45) is 6.68. The fourth-order valence-corrected chi connectivity index (χ4v) is 1.94. The SMILES string of the molecule is CC(C)(O)CC/C=C/c1ccc2c(c1)OCCCO2. The highest BCUT2D eigenvalue weighted by Gasteiger charge is 2.11. The van der Waals surface area contributed by atoms with Gasteiger partial charge in [-0.05, 0) is 44.4 Å². The van der Waals surface area contributed by atoms with Gasteiger partial charge in [0.05, 0.1) is 18.8 Å². The molecule has 0 unspecified atom stereocenters. The molecular formula is C16H22O3. The number of benzene rings is 1. The first-order valence-electron chi connectivity index (χ1n) is 6.83. The average Bonchev–Trinajstić information content (AvgIpc) is 2.58. The van der Waals surface area contributed by atoms with E-state index in [9.17, 15) is 5.11 Å². The number of hydrogen-bond acceptors (Lipinski definition) is 3. The van der Waals surface area contributed by atoms with E-state index in [1.807, 2.05) is 32.0 Å². The molecule has 0 saturated heterocycles. The molecule has 1 aromatic rings. The second-order valence-corrected chi connectivity index (χ2v) is 5.51. The van der Waals surface area contributed by atoms with Crippen molar-refractivity contribution in [2.24, 2.45) is 0 Å². The van der Waals surface area contributed by atoms with Crippen LogP contribution in [0.2, 0.25) is 0 Å². The number of rotatable bonds is 4. The number of hydrogen-bond donors (Lipinski definition) is 1. The lowest BCUT2D eigenvalue weighted by Crippen LogP contribution is -2.17. The number of aliphatic hydroxyl groups is 1. The van der Waals surface area contributed by atoms with Crippen LogP contribution in [-0.2, 0) is 0 Å². The molecule has 0 radical (unpaired) electrons. The van der Waals surface area contributed by atoms with Crippen LogP contribution in [0.25, 0.3) is 6.08 Å². The zero-order valence-electron chi connectivity index (χ0n) is 11.7. The van der Waals surface area contributed by atoms with E-state index >= 15 is 0 Å². The van der Waals surface area contributed by atoms with Gasteiger partial charge < -0.3 is 14.6 Å². The summed E-state index contributed by atoms with van der Waals surface area (Å²) in [5, 5.41) is 9.63. The maximum absolute atomic E-state index is 9.63. The van der Waals surface area contributed by atoms with E-state index in [2.05, 4.69) is 12.2 Å². The lowest BCUT2D eigenvalue weighted by atomic mass is 10.0. The third-order valence-corrected chi connectivity index (χ3v) is 3.00. The first-order chi connectivity index (χ1) is 9.04. The lowest BCUT2D eigenvalue weighted by Gasteiger charge is -2.14. The van der Waals surface area contributed by atoms with E-state index in [0.29, 0.717) is 13.2 Å². The van der Waals surface area contributed by atoms with Crippen LogP contribution >= 0.6 is 0 Å². The Balaban J connectivity index is 1.98. The number of fused-ring (bicyclic) bond motifs is 1. The molecule has 19 heavy (non-hydrogen) atoms. The molecule has 2 rings (SSSR count). The van der Waals surface area contributed by atoms with Crippen molar-refractivity contribution >= 4 is 6.08 Å². The van der Waals surface area contributed by atoms with Gasteiger partial charge in [-0.25, -0.2) is 0 Å². The maximum atomic E-state index is 9.63. The van der Waals surface area contributed by atoms with E-state index in [1.54, 1.807) is 0 Å². The van der Waals surface area contributed by atoms with Crippen molar-refractivity contribution in [1.29, 1.82) is 0 Å². The normalized spacial score (nSPS) is 15.5. The van der Waals surface area contributed by atoms with Gasteiger partial charge in [-0.15, -0.1) is 0 Å². The molecule has 0 aromatic heterocycles. The van der Waals surface area contributed by atoms with Crippen LogP contribution in [0, 0.1) is 0 Å². The van der Waals surface area contributed by atoms with Crippen LogP contribution in [0.4, 0.5) is 0 Å². The van der Waals surface area contributed by atoms with Crippen molar-refractivity contribution in [1.82, 2.24) is 0 Å². The van der Waals surface area contributed by atoms with Crippen molar-refractivity contribution in [3.63, 3.8) is 0 Å². The summed E-state index contributed by atoms with van der Waals surface area (Å²) in [6.45, 7) is 5.08. The summed E-state index contributed by atoms with van der Waals surface area (Å²) >= 11 is 0. The highest BCUT2D eigenvalue weighted by atomic mass is 16.5. The Bertz CT molecular complexity index is 444. The van der Waals surface area contributed by atoms with E-state index < -0.39 is 5.60 Å². The highest BCUT2D eigenvalue weighted by molar-refractivity contribution is 5.56. The summed E-state index contributed by atoms with van der Waals surface area (Å²) in [4.78, 5) is 0. The largest absolute Gasteiger partial charge is 0.490 e. The third kappa shape index (κ3) is 4.60. The van der Waals surface area contributed by atoms with Crippen LogP contribution in [0.3, 0.4) is 0 Å². The summed E-state index contributed by atoms with van der Waals surface area (Å²) in [7, 11) is 0. The van der Waals surface area contributed by atoms with Crippen LogP contribution in [0.5, 0.6) is 11.5 Å². The molecule has 1 aliphatic rings. The fourth-order valence-electron chi connectivity index (χ4n) is 1.94. The standard InChI is InChI=1S/C16H22O3/c1-16(2,17)9-4-3-6-13-7-8-14-15(12-13)19-11-5-10-18-14/h3,6-8,12,17H,4-5,9-11H2,1-2H3/b6-3+. The van der Waals surface area contributed by atoms with Gasteiger partial charge in [-0.1, -0.05) is 18.2 Å². The van der Waals surface area contributed by atoms with Gasteiger partial charge in [0.25, 0.3) is 0 Å². The third-order valence-electron chi connectivity index (χ3n) is 3.00. The molecule has 0 bridgehead atoms. The molecule has 0 fully saturated rings. The molecule has 0 aliphatic carbocycles. The minimum atomic E-state index is -0.602. The molecule has 0 spiro atoms. The number of allylic oxidation sites excluding steroid dienone is 1. The van der Waals surface area contributed by atoms with E-state index in [1.165, 1.54) is 0 Å². The Hall–Kier alpha value is -1.48. The molecule has 104 valence electrons. The Morgan fingerprint density at radius 2 is 1.95 bits per heavy atom. The fraction of sp³-hybridized carbons (Fsp3) is 0.500. The average molecular weight is 262 g/mol. The van der Waals surface area contributed by atoms with Gasteiger partial charge in [-0.2, -0.15) is 0 Å². The smallest absolute Gasteiger partial charge is 0.161 e. The molecule has 0 amide bonds. The molecule has 0 atom stereocenters. The summed E-state index contributed by atoms with van der Waals surface area (Å²) < 4.78 is 11.2. The first kappa shape index (κ1) is 13.9. The van der Waals surface area contributed by atoms with Gasteiger partial charge in [0.1, 0.15) is 0 Å². The van der Waals surface area contributed by atoms with E-state index in [-0.39, 0.29) is 0 Å².